The first-order valence-corrected chi connectivity index (χ1v) is 6.68. The number of carboxylic acids is 4. The number of carbonyl (C=O) groups excluding carboxylic acids is 2. The van der Waals surface area contributed by atoms with Crippen molar-refractivity contribution in [3.63, 3.8) is 0 Å². The summed E-state index contributed by atoms with van der Waals surface area (Å²) in [4.78, 5) is 66.0. The lowest BCUT2D eigenvalue weighted by Crippen LogP contribution is -2.49. The van der Waals surface area contributed by atoms with Crippen LogP contribution in [0.3, 0.4) is 0 Å². The van der Waals surface area contributed by atoms with Gasteiger partial charge < -0.3 is 36.8 Å². The van der Waals surface area contributed by atoms with Crippen molar-refractivity contribution in [2.75, 3.05) is 0 Å². The van der Waals surface area contributed by atoms with Gasteiger partial charge in [-0.1, -0.05) is 0 Å². The van der Waals surface area contributed by atoms with Crippen molar-refractivity contribution in [1.29, 1.82) is 0 Å². The van der Waals surface area contributed by atoms with Gasteiger partial charge in [-0.05, 0) is 0 Å². The number of aliphatic carboxylic acids is 4. The third-order valence-corrected chi connectivity index (χ3v) is 2.76. The van der Waals surface area contributed by atoms with Crippen molar-refractivity contribution in [2.45, 2.75) is 37.4 Å². The molecule has 0 unspecified atom stereocenters. The van der Waals surface area contributed by atoms with E-state index in [1.807, 2.05) is 10.6 Å². The van der Waals surface area contributed by atoms with E-state index in [2.05, 4.69) is 0 Å². The zero-order valence-corrected chi connectivity index (χ0v) is 12.7. The summed E-state index contributed by atoms with van der Waals surface area (Å²) < 4.78 is 0. The number of carboxylic acid groups (broad SMARTS) is 4. The minimum Gasteiger partial charge on any atom is -0.481 e. The first-order chi connectivity index (χ1) is 11.4. The van der Waals surface area contributed by atoms with Crippen LogP contribution < -0.4 is 16.4 Å². The van der Waals surface area contributed by atoms with Crippen LogP contribution in [0.25, 0.3) is 0 Å². The number of hydrogen-bond acceptors (Lipinski definition) is 7. The lowest BCUT2D eigenvalue weighted by molar-refractivity contribution is -0.148. The molecular weight excluding hydrogens is 346 g/mol. The van der Waals surface area contributed by atoms with Gasteiger partial charge in [-0.3, -0.25) is 19.2 Å². The molecule has 0 fully saturated rings. The van der Waals surface area contributed by atoms with Gasteiger partial charge in [0.2, 0.25) is 11.8 Å². The Morgan fingerprint density at radius 2 is 1.08 bits per heavy atom. The van der Waals surface area contributed by atoms with Crippen LogP contribution in [0, 0.1) is 0 Å². The summed E-state index contributed by atoms with van der Waals surface area (Å²) in [7, 11) is 0. The summed E-state index contributed by atoms with van der Waals surface area (Å²) in [5, 5.41) is 38.5. The van der Waals surface area contributed by atoms with Crippen LogP contribution in [0.5, 0.6) is 0 Å². The molecule has 0 rings (SSSR count). The number of amides is 2. The topological polar surface area (TPSA) is 233 Å². The molecule has 0 aromatic carbocycles. The lowest BCUT2D eigenvalue weighted by Gasteiger charge is -2.17. The predicted molar refractivity (Wildman–Crippen MR) is 76.2 cm³/mol. The largest absolute Gasteiger partial charge is 0.481 e. The van der Waals surface area contributed by atoms with Crippen LogP contribution >= 0.6 is 0 Å². The molecule has 25 heavy (non-hydrogen) atoms. The summed E-state index contributed by atoms with van der Waals surface area (Å²) in [5.41, 5.74) is 5.11. The van der Waals surface area contributed by atoms with Gasteiger partial charge in [0.1, 0.15) is 18.1 Å². The summed E-state index contributed by atoms with van der Waals surface area (Å²) in [5.74, 6) is -8.45. The van der Waals surface area contributed by atoms with Gasteiger partial charge >= 0.3 is 23.9 Å². The first-order valence-electron chi connectivity index (χ1n) is 6.68. The molecule has 0 heterocycles. The highest BCUT2D eigenvalue weighted by Gasteiger charge is 2.28. The average Bonchev–Trinajstić information content (AvgIpc) is 2.44. The van der Waals surface area contributed by atoms with E-state index in [0.29, 0.717) is 0 Å². The SMILES string of the molecule is N[C@@H](CC(=O)N[C@H](CC(=O)N[C@@H](CC(=O)O)C(=O)O)C(=O)O)C(=O)O. The number of hydrogen-bond donors (Lipinski definition) is 7. The summed E-state index contributed by atoms with van der Waals surface area (Å²) in [6.07, 6.45) is -2.57. The molecule has 0 aliphatic carbocycles. The van der Waals surface area contributed by atoms with Gasteiger partial charge in [-0.25, -0.2) is 9.59 Å². The Hall–Kier alpha value is -3.22. The predicted octanol–water partition coefficient (Wildman–Crippen LogP) is -3.21. The van der Waals surface area contributed by atoms with Crippen molar-refractivity contribution >= 4 is 35.7 Å². The fourth-order valence-electron chi connectivity index (χ4n) is 1.55. The quantitative estimate of drug-likeness (QED) is 0.193. The van der Waals surface area contributed by atoms with Gasteiger partial charge in [-0.15, -0.1) is 0 Å². The summed E-state index contributed by atoms with van der Waals surface area (Å²) in [6.45, 7) is 0. The van der Waals surface area contributed by atoms with E-state index in [0.717, 1.165) is 0 Å². The molecule has 3 atom stereocenters. The van der Waals surface area contributed by atoms with E-state index >= 15 is 0 Å². The second-order valence-corrected chi connectivity index (χ2v) is 4.87. The second-order valence-electron chi connectivity index (χ2n) is 4.87. The maximum Gasteiger partial charge on any atom is 0.326 e. The maximum absolute atomic E-state index is 11.7. The van der Waals surface area contributed by atoms with Crippen LogP contribution in [0.2, 0.25) is 0 Å². The van der Waals surface area contributed by atoms with Gasteiger partial charge in [0, 0.05) is 0 Å². The molecule has 0 aromatic heterocycles. The molecule has 13 nitrogen and oxygen atoms in total. The van der Waals surface area contributed by atoms with E-state index < -0.39 is 73.1 Å². The Morgan fingerprint density at radius 3 is 1.44 bits per heavy atom. The van der Waals surface area contributed by atoms with Gasteiger partial charge in [-0.2, -0.15) is 0 Å². The van der Waals surface area contributed by atoms with Crippen molar-refractivity contribution in [2.24, 2.45) is 5.73 Å². The highest BCUT2D eigenvalue weighted by Crippen LogP contribution is 1.99. The molecule has 0 bridgehead atoms. The Balaban J connectivity index is 4.79. The summed E-state index contributed by atoms with van der Waals surface area (Å²) >= 11 is 0. The van der Waals surface area contributed by atoms with E-state index in [9.17, 15) is 28.8 Å². The zero-order valence-electron chi connectivity index (χ0n) is 12.7. The maximum atomic E-state index is 11.7. The smallest absolute Gasteiger partial charge is 0.326 e. The molecule has 0 saturated carbocycles. The first kappa shape index (κ1) is 21.8. The van der Waals surface area contributed by atoms with Crippen molar-refractivity contribution in [3.05, 3.63) is 0 Å². The highest BCUT2D eigenvalue weighted by atomic mass is 16.4. The minimum atomic E-state index is -1.78. The van der Waals surface area contributed by atoms with E-state index in [-0.39, 0.29) is 0 Å². The van der Waals surface area contributed by atoms with Crippen LogP contribution in [0.1, 0.15) is 19.3 Å². The van der Waals surface area contributed by atoms with Crippen LogP contribution in [-0.4, -0.2) is 74.2 Å². The Morgan fingerprint density at radius 1 is 0.680 bits per heavy atom. The second kappa shape index (κ2) is 9.82. The van der Waals surface area contributed by atoms with Crippen molar-refractivity contribution in [3.8, 4) is 0 Å². The standard InChI is InChI=1S/C12H17N3O10/c13-4(10(20)21)1-7(16)14-5(11(22)23)2-8(17)15-6(12(24)25)3-9(18)19/h4-6H,1-3,13H2,(H,14,16)(H,15,17)(H,18,19)(H,20,21)(H,22,23)(H,24,25)/t4-,5+,6-/m0/s1. The Bertz CT molecular complexity index is 575. The molecule has 8 N–H and O–H groups in total. The monoisotopic (exact) mass is 363 g/mol. The van der Waals surface area contributed by atoms with Gasteiger partial charge in [0.15, 0.2) is 0 Å². The molecule has 0 spiro atoms. The zero-order chi connectivity index (χ0) is 19.7. The Kier molecular flexibility index (Phi) is 8.55. The molecule has 0 aliphatic rings. The molecule has 13 heteroatoms. The van der Waals surface area contributed by atoms with Crippen LogP contribution in [0.15, 0.2) is 0 Å². The fraction of sp³-hybridized carbons (Fsp3) is 0.500. The third kappa shape index (κ3) is 8.85. The van der Waals surface area contributed by atoms with Gasteiger partial charge in [0.25, 0.3) is 0 Å². The van der Waals surface area contributed by atoms with E-state index in [1.54, 1.807) is 0 Å². The number of nitrogens with two attached hydrogens (primary N) is 1. The van der Waals surface area contributed by atoms with Crippen LogP contribution in [-0.2, 0) is 28.8 Å². The molecule has 0 aromatic rings. The average molecular weight is 363 g/mol. The normalized spacial score (nSPS) is 13.8. The van der Waals surface area contributed by atoms with Gasteiger partial charge in [0.05, 0.1) is 19.3 Å². The van der Waals surface area contributed by atoms with Crippen molar-refractivity contribution in [1.82, 2.24) is 10.6 Å². The molecule has 0 saturated heterocycles. The molecular formula is C12H17N3O10. The molecule has 0 radical (unpaired) electrons. The number of carbonyl (C=O) groups is 6. The molecule has 0 aliphatic heterocycles. The fourth-order valence-corrected chi connectivity index (χ4v) is 1.55. The van der Waals surface area contributed by atoms with E-state index in [4.69, 9.17) is 26.2 Å². The number of nitrogens with one attached hydrogen (secondary N) is 2. The van der Waals surface area contributed by atoms with Crippen molar-refractivity contribution < 1.29 is 49.2 Å². The number of rotatable bonds is 11. The highest BCUT2D eigenvalue weighted by molar-refractivity contribution is 5.92. The molecule has 2 amide bonds. The minimum absolute atomic E-state index is 0.739. The Labute approximate surface area is 139 Å². The summed E-state index contributed by atoms with van der Waals surface area (Å²) in [6, 6.07) is -5.14. The van der Waals surface area contributed by atoms with E-state index in [1.165, 1.54) is 0 Å². The van der Waals surface area contributed by atoms with Crippen LogP contribution in [0.4, 0.5) is 0 Å². The third-order valence-electron chi connectivity index (χ3n) is 2.76. The lowest BCUT2D eigenvalue weighted by atomic mass is 10.1. The molecule has 140 valence electrons.